The molecular formula is C22H30BrClO4S. The molecule has 0 spiro atoms. The summed E-state index contributed by atoms with van der Waals surface area (Å²) < 4.78 is 34.8. The maximum Gasteiger partial charge on any atom is 0.261 e. The van der Waals surface area contributed by atoms with Crippen molar-refractivity contribution in [1.82, 2.24) is 0 Å². The van der Waals surface area contributed by atoms with Crippen LogP contribution in [0.1, 0.15) is 49.9 Å². The summed E-state index contributed by atoms with van der Waals surface area (Å²) in [6.07, 6.45) is 0.287. The number of halogens is 2. The van der Waals surface area contributed by atoms with Crippen molar-refractivity contribution < 1.29 is 17.9 Å². The second kappa shape index (κ2) is 10.7. The fraction of sp³-hybridized carbons (Fsp3) is 0.455. The van der Waals surface area contributed by atoms with Crippen LogP contribution in [-0.2, 0) is 9.05 Å². The first-order chi connectivity index (χ1) is 13.2. The first-order valence-corrected chi connectivity index (χ1v) is 12.5. The van der Waals surface area contributed by atoms with Gasteiger partial charge in [-0.2, -0.15) is 0 Å². The second-order valence-electron chi connectivity index (χ2n) is 7.53. The average molecular weight is 506 g/mol. The predicted octanol–water partition coefficient (Wildman–Crippen LogP) is 6.87. The molecule has 0 heterocycles. The molecule has 2 rings (SSSR count). The van der Waals surface area contributed by atoms with Gasteiger partial charge in [0, 0.05) is 15.2 Å². The molecule has 0 aliphatic carbocycles. The maximum absolute atomic E-state index is 11.2. The summed E-state index contributed by atoms with van der Waals surface area (Å²) in [7, 11) is 1.62. The van der Waals surface area contributed by atoms with Gasteiger partial charge in [0.05, 0.1) is 17.1 Å². The van der Waals surface area contributed by atoms with Gasteiger partial charge in [0.2, 0.25) is 0 Å². The van der Waals surface area contributed by atoms with Gasteiger partial charge in [0.15, 0.2) is 0 Å². The van der Waals surface area contributed by atoms with Crippen molar-refractivity contribution in [3.8, 4) is 11.5 Å². The Morgan fingerprint density at radius 3 is 1.34 bits per heavy atom. The molecule has 4 nitrogen and oxygen atoms in total. The minimum absolute atomic E-state index is 0.0517. The molecule has 0 aliphatic heterocycles. The van der Waals surface area contributed by atoms with Gasteiger partial charge in [-0.25, -0.2) is 8.42 Å². The monoisotopic (exact) mass is 504 g/mol. The molecule has 2 aromatic carbocycles. The number of hydrogen-bond donors (Lipinski definition) is 0. The van der Waals surface area contributed by atoms with E-state index in [9.17, 15) is 8.42 Å². The lowest BCUT2D eigenvalue weighted by atomic mass is 10.1. The molecule has 0 amide bonds. The zero-order chi connectivity index (χ0) is 22.5. The van der Waals surface area contributed by atoms with Crippen molar-refractivity contribution in [2.75, 3.05) is 0 Å². The van der Waals surface area contributed by atoms with Gasteiger partial charge in [-0.15, -0.1) is 0 Å². The molecule has 29 heavy (non-hydrogen) atoms. The summed E-state index contributed by atoms with van der Waals surface area (Å²) in [6.45, 7) is 15.7. The van der Waals surface area contributed by atoms with E-state index in [2.05, 4.69) is 41.9 Å². The van der Waals surface area contributed by atoms with Gasteiger partial charge in [-0.1, -0.05) is 15.9 Å². The Hall–Kier alpha value is -1.24. The lowest BCUT2D eigenvalue weighted by Crippen LogP contribution is -2.08. The quantitative estimate of drug-likeness (QED) is 0.416. The van der Waals surface area contributed by atoms with Crippen LogP contribution in [0.3, 0.4) is 0 Å². The number of hydrogen-bond acceptors (Lipinski definition) is 4. The van der Waals surface area contributed by atoms with E-state index >= 15 is 0 Å². The largest absolute Gasteiger partial charge is 0.490 e. The molecule has 0 fully saturated rings. The molecule has 2 aromatic rings. The van der Waals surface area contributed by atoms with E-state index in [1.807, 2.05) is 27.7 Å². The van der Waals surface area contributed by atoms with E-state index in [0.29, 0.717) is 0 Å². The number of aryl methyl sites for hydroxylation is 4. The predicted molar refractivity (Wildman–Crippen MR) is 124 cm³/mol. The Morgan fingerprint density at radius 1 is 0.759 bits per heavy atom. The zero-order valence-corrected chi connectivity index (χ0v) is 21.4. The van der Waals surface area contributed by atoms with Crippen LogP contribution in [0.25, 0.3) is 0 Å². The summed E-state index contributed by atoms with van der Waals surface area (Å²) in [4.78, 5) is 0.111. The third-order valence-electron chi connectivity index (χ3n) is 3.85. The molecule has 0 saturated carbocycles. The van der Waals surface area contributed by atoms with Gasteiger partial charge in [0.1, 0.15) is 11.5 Å². The molecule has 0 atom stereocenters. The molecule has 162 valence electrons. The SMILES string of the molecule is Cc1cc(Br)cc(C)c1OC(C)C.Cc1cc(S(=O)(=O)Cl)cc(C)c1OC(C)C. The van der Waals surface area contributed by atoms with E-state index in [-0.39, 0.29) is 17.1 Å². The van der Waals surface area contributed by atoms with Crippen LogP contribution in [0.4, 0.5) is 0 Å². The van der Waals surface area contributed by atoms with Gasteiger partial charge in [0.25, 0.3) is 9.05 Å². The minimum atomic E-state index is -3.68. The standard InChI is InChI=1S/C11H15BrO.C11H15ClO3S/c1-7(2)13-11-8(3)5-10(12)6-9(11)4;1-7(2)15-11-8(3)5-10(6-9(11)4)16(12,13)14/h5-7H,1-4H3;5-7H,1-4H3. The van der Waals surface area contributed by atoms with Crippen molar-refractivity contribution in [1.29, 1.82) is 0 Å². The first-order valence-electron chi connectivity index (χ1n) is 9.38. The second-order valence-corrected chi connectivity index (χ2v) is 11.0. The van der Waals surface area contributed by atoms with Crippen LogP contribution >= 0.6 is 26.6 Å². The Balaban J connectivity index is 0.000000296. The molecule has 0 aromatic heterocycles. The number of benzene rings is 2. The van der Waals surface area contributed by atoms with Crippen molar-refractivity contribution in [3.63, 3.8) is 0 Å². The van der Waals surface area contributed by atoms with E-state index in [4.69, 9.17) is 20.2 Å². The molecule has 0 radical (unpaired) electrons. The highest BCUT2D eigenvalue weighted by atomic mass is 79.9. The highest BCUT2D eigenvalue weighted by Gasteiger charge is 2.15. The zero-order valence-electron chi connectivity index (χ0n) is 18.3. The van der Waals surface area contributed by atoms with Gasteiger partial charge >= 0.3 is 0 Å². The molecular weight excluding hydrogens is 476 g/mol. The van der Waals surface area contributed by atoms with Crippen LogP contribution in [0.2, 0.25) is 0 Å². The van der Waals surface area contributed by atoms with Crippen LogP contribution in [0.5, 0.6) is 11.5 Å². The van der Waals surface area contributed by atoms with Crippen LogP contribution < -0.4 is 9.47 Å². The smallest absolute Gasteiger partial charge is 0.261 e. The summed E-state index contributed by atoms with van der Waals surface area (Å²) >= 11 is 3.46. The third kappa shape index (κ3) is 8.19. The van der Waals surface area contributed by atoms with Crippen molar-refractivity contribution >= 4 is 35.7 Å². The maximum atomic E-state index is 11.2. The van der Waals surface area contributed by atoms with E-state index in [1.54, 1.807) is 13.8 Å². The Bertz CT molecular complexity index is 907. The van der Waals surface area contributed by atoms with E-state index in [1.165, 1.54) is 23.3 Å². The summed E-state index contributed by atoms with van der Waals surface area (Å²) in [5, 5.41) is 0. The molecule has 0 aliphatic rings. The van der Waals surface area contributed by atoms with Crippen molar-refractivity contribution in [2.24, 2.45) is 0 Å². The Morgan fingerprint density at radius 2 is 1.07 bits per heavy atom. The fourth-order valence-corrected chi connectivity index (χ4v) is 4.38. The molecule has 0 unspecified atom stereocenters. The average Bonchev–Trinajstić information content (AvgIpc) is 2.53. The Labute approximate surface area is 188 Å². The third-order valence-corrected chi connectivity index (χ3v) is 5.64. The van der Waals surface area contributed by atoms with Crippen LogP contribution in [0, 0.1) is 27.7 Å². The van der Waals surface area contributed by atoms with E-state index in [0.717, 1.165) is 27.1 Å². The first kappa shape index (κ1) is 25.8. The topological polar surface area (TPSA) is 52.6 Å². The Kier molecular flexibility index (Phi) is 9.51. The fourth-order valence-electron chi connectivity index (χ4n) is 2.79. The molecule has 0 bridgehead atoms. The molecule has 0 N–H and O–H groups in total. The normalized spacial score (nSPS) is 11.3. The van der Waals surface area contributed by atoms with Crippen molar-refractivity contribution in [2.45, 2.75) is 72.5 Å². The van der Waals surface area contributed by atoms with Gasteiger partial charge < -0.3 is 9.47 Å². The molecule has 7 heteroatoms. The van der Waals surface area contributed by atoms with Crippen molar-refractivity contribution in [3.05, 3.63) is 51.0 Å². The highest BCUT2D eigenvalue weighted by molar-refractivity contribution is 9.10. The van der Waals surface area contributed by atoms with Crippen LogP contribution in [-0.4, -0.2) is 20.6 Å². The minimum Gasteiger partial charge on any atom is -0.490 e. The van der Waals surface area contributed by atoms with Crippen LogP contribution in [0.15, 0.2) is 33.6 Å². The molecule has 0 saturated heterocycles. The number of ether oxygens (including phenoxy) is 2. The summed E-state index contributed by atoms with van der Waals surface area (Å²) in [6, 6.07) is 7.19. The van der Waals surface area contributed by atoms with E-state index < -0.39 is 9.05 Å². The summed E-state index contributed by atoms with van der Waals surface area (Å²) in [5.41, 5.74) is 3.90. The number of rotatable bonds is 5. The van der Waals surface area contributed by atoms with Gasteiger partial charge in [-0.3, -0.25) is 0 Å². The lowest BCUT2D eigenvalue weighted by molar-refractivity contribution is 0.238. The van der Waals surface area contributed by atoms with Gasteiger partial charge in [-0.05, 0) is 102 Å². The highest BCUT2D eigenvalue weighted by Crippen LogP contribution is 2.29. The summed E-state index contributed by atoms with van der Waals surface area (Å²) in [5.74, 6) is 1.73. The lowest BCUT2D eigenvalue weighted by Gasteiger charge is -2.15.